The van der Waals surface area contributed by atoms with Crippen molar-refractivity contribution in [1.82, 2.24) is 10.2 Å². The van der Waals surface area contributed by atoms with Gasteiger partial charge >= 0.3 is 0 Å². The standard InChI is InChI=1S/C21H31N3O2/c22-21(25)19-6-10-26-20(19)12-15-4-8-24(9-5-15)14-16-1-2-17-3-7-23-13-18(17)11-16/h1-2,11,15,19-20,23H,3-10,12-14H2,(H2,22,25)/t19-,20-/m1/s1. The minimum Gasteiger partial charge on any atom is -0.377 e. The van der Waals surface area contributed by atoms with Gasteiger partial charge in [0, 0.05) is 19.7 Å². The molecule has 0 saturated carbocycles. The number of likely N-dealkylation sites (tertiary alicyclic amines) is 1. The van der Waals surface area contributed by atoms with Gasteiger partial charge in [0.05, 0.1) is 12.0 Å². The lowest BCUT2D eigenvalue weighted by Crippen LogP contribution is -2.36. The first-order valence-electron chi connectivity index (χ1n) is 10.1. The first-order valence-corrected chi connectivity index (χ1v) is 10.1. The number of nitrogens with zero attached hydrogens (tertiary/aromatic N) is 1. The molecule has 3 aliphatic heterocycles. The molecule has 3 aliphatic rings. The quantitative estimate of drug-likeness (QED) is 0.844. The van der Waals surface area contributed by atoms with Gasteiger partial charge in [-0.2, -0.15) is 0 Å². The largest absolute Gasteiger partial charge is 0.377 e. The first kappa shape index (κ1) is 18.0. The average molecular weight is 357 g/mol. The highest BCUT2D eigenvalue weighted by atomic mass is 16.5. The number of nitrogens with one attached hydrogen (secondary N) is 1. The molecule has 0 spiro atoms. The molecule has 0 aromatic heterocycles. The number of hydrogen-bond donors (Lipinski definition) is 2. The van der Waals surface area contributed by atoms with Gasteiger partial charge in [-0.05, 0) is 74.3 Å². The van der Waals surface area contributed by atoms with Gasteiger partial charge in [-0.15, -0.1) is 0 Å². The first-order chi connectivity index (χ1) is 12.7. The van der Waals surface area contributed by atoms with Crippen LogP contribution in [0.25, 0.3) is 0 Å². The molecule has 0 unspecified atom stereocenters. The fourth-order valence-corrected chi connectivity index (χ4v) is 4.81. The van der Waals surface area contributed by atoms with Crippen LogP contribution in [0.3, 0.4) is 0 Å². The number of hydrogen-bond acceptors (Lipinski definition) is 4. The maximum atomic E-state index is 11.5. The third-order valence-corrected chi connectivity index (χ3v) is 6.41. The number of carbonyl (C=O) groups is 1. The SMILES string of the molecule is NC(=O)[C@@H]1CCO[C@@H]1CC1CCN(Cc2ccc3c(c2)CNCC3)CC1. The molecule has 2 atom stereocenters. The second-order valence-electron chi connectivity index (χ2n) is 8.19. The highest BCUT2D eigenvalue weighted by molar-refractivity contribution is 5.77. The van der Waals surface area contributed by atoms with Crippen LogP contribution in [0.1, 0.15) is 42.4 Å². The Kier molecular flexibility index (Phi) is 5.57. The number of ether oxygens (including phenoxy) is 1. The Hall–Kier alpha value is -1.43. The van der Waals surface area contributed by atoms with Gasteiger partial charge < -0.3 is 15.8 Å². The Bertz CT molecular complexity index is 640. The van der Waals surface area contributed by atoms with Gasteiger partial charge in [0.2, 0.25) is 5.91 Å². The third kappa shape index (κ3) is 4.11. The smallest absolute Gasteiger partial charge is 0.223 e. The second kappa shape index (κ2) is 8.07. The summed E-state index contributed by atoms with van der Waals surface area (Å²) in [4.78, 5) is 14.1. The van der Waals surface area contributed by atoms with E-state index < -0.39 is 0 Å². The molecule has 5 heteroatoms. The number of piperidine rings is 1. The van der Waals surface area contributed by atoms with E-state index in [2.05, 4.69) is 28.4 Å². The Morgan fingerprint density at radius 2 is 2.08 bits per heavy atom. The molecule has 2 fully saturated rings. The predicted octanol–water partition coefficient (Wildman–Crippen LogP) is 1.82. The lowest BCUT2D eigenvalue weighted by atomic mass is 9.86. The number of benzene rings is 1. The van der Waals surface area contributed by atoms with Crippen molar-refractivity contribution >= 4 is 5.91 Å². The van der Waals surface area contributed by atoms with E-state index in [0.29, 0.717) is 12.5 Å². The molecular weight excluding hydrogens is 326 g/mol. The highest BCUT2D eigenvalue weighted by Crippen LogP contribution is 2.31. The molecule has 1 aromatic rings. The van der Waals surface area contributed by atoms with Crippen molar-refractivity contribution in [3.05, 3.63) is 34.9 Å². The van der Waals surface area contributed by atoms with Crippen molar-refractivity contribution in [1.29, 1.82) is 0 Å². The van der Waals surface area contributed by atoms with Crippen LogP contribution in [0.5, 0.6) is 0 Å². The molecule has 0 bridgehead atoms. The van der Waals surface area contributed by atoms with E-state index in [-0.39, 0.29) is 17.9 Å². The zero-order valence-electron chi connectivity index (χ0n) is 15.6. The van der Waals surface area contributed by atoms with Crippen LogP contribution in [-0.2, 0) is 29.0 Å². The number of amides is 1. The summed E-state index contributed by atoms with van der Waals surface area (Å²) in [6.07, 6.45) is 5.38. The average Bonchev–Trinajstić information content (AvgIpc) is 3.12. The number of fused-ring (bicyclic) bond motifs is 1. The molecular formula is C21H31N3O2. The van der Waals surface area contributed by atoms with E-state index >= 15 is 0 Å². The van der Waals surface area contributed by atoms with Gasteiger partial charge in [0.25, 0.3) is 0 Å². The molecule has 2 saturated heterocycles. The van der Waals surface area contributed by atoms with Crippen LogP contribution < -0.4 is 11.1 Å². The maximum absolute atomic E-state index is 11.5. The summed E-state index contributed by atoms with van der Waals surface area (Å²) >= 11 is 0. The molecule has 4 rings (SSSR count). The number of carbonyl (C=O) groups excluding carboxylic acids is 1. The van der Waals surface area contributed by atoms with E-state index in [1.807, 2.05) is 0 Å². The van der Waals surface area contributed by atoms with Crippen molar-refractivity contribution in [2.75, 3.05) is 26.2 Å². The van der Waals surface area contributed by atoms with Gasteiger partial charge in [-0.1, -0.05) is 18.2 Å². The monoisotopic (exact) mass is 357 g/mol. The van der Waals surface area contributed by atoms with Gasteiger partial charge in [-0.25, -0.2) is 0 Å². The predicted molar refractivity (Wildman–Crippen MR) is 102 cm³/mol. The Labute approximate surface area is 156 Å². The maximum Gasteiger partial charge on any atom is 0.223 e. The number of primary amides is 1. The van der Waals surface area contributed by atoms with Crippen LogP contribution in [0.2, 0.25) is 0 Å². The fraction of sp³-hybridized carbons (Fsp3) is 0.667. The summed E-state index contributed by atoms with van der Waals surface area (Å²) in [7, 11) is 0. The van der Waals surface area contributed by atoms with E-state index in [1.165, 1.54) is 29.5 Å². The summed E-state index contributed by atoms with van der Waals surface area (Å²) < 4.78 is 5.78. The van der Waals surface area contributed by atoms with E-state index in [9.17, 15) is 4.79 Å². The van der Waals surface area contributed by atoms with Crippen molar-refractivity contribution in [3.8, 4) is 0 Å². The Morgan fingerprint density at radius 3 is 2.88 bits per heavy atom. The molecule has 3 heterocycles. The lowest BCUT2D eigenvalue weighted by molar-refractivity contribution is -0.123. The zero-order valence-corrected chi connectivity index (χ0v) is 15.6. The second-order valence-corrected chi connectivity index (χ2v) is 8.19. The minimum atomic E-state index is -0.188. The molecule has 0 aliphatic carbocycles. The van der Waals surface area contributed by atoms with Crippen LogP contribution in [-0.4, -0.2) is 43.2 Å². The van der Waals surface area contributed by atoms with E-state index in [0.717, 1.165) is 52.0 Å². The van der Waals surface area contributed by atoms with Crippen LogP contribution in [0, 0.1) is 11.8 Å². The summed E-state index contributed by atoms with van der Waals surface area (Å²) in [6, 6.07) is 7.01. The summed E-state index contributed by atoms with van der Waals surface area (Å²) in [6.45, 7) is 6.10. The van der Waals surface area contributed by atoms with Gasteiger partial charge in [0.1, 0.15) is 0 Å². The molecule has 26 heavy (non-hydrogen) atoms. The normalized spacial score (nSPS) is 27.4. The number of rotatable bonds is 5. The fourth-order valence-electron chi connectivity index (χ4n) is 4.81. The van der Waals surface area contributed by atoms with Crippen LogP contribution >= 0.6 is 0 Å². The molecule has 142 valence electrons. The molecule has 0 radical (unpaired) electrons. The molecule has 5 nitrogen and oxygen atoms in total. The van der Waals surface area contributed by atoms with Gasteiger partial charge in [0.15, 0.2) is 0 Å². The van der Waals surface area contributed by atoms with Crippen molar-refractivity contribution in [3.63, 3.8) is 0 Å². The molecule has 1 amide bonds. The Morgan fingerprint density at radius 1 is 1.23 bits per heavy atom. The van der Waals surface area contributed by atoms with Gasteiger partial charge in [-0.3, -0.25) is 9.69 Å². The van der Waals surface area contributed by atoms with Crippen molar-refractivity contribution < 1.29 is 9.53 Å². The Balaban J connectivity index is 1.27. The zero-order chi connectivity index (χ0) is 17.9. The summed E-state index contributed by atoms with van der Waals surface area (Å²) in [5.74, 6) is 0.396. The third-order valence-electron chi connectivity index (χ3n) is 6.41. The van der Waals surface area contributed by atoms with Crippen molar-refractivity contribution in [2.24, 2.45) is 17.6 Å². The molecule has 3 N–H and O–H groups in total. The number of nitrogens with two attached hydrogens (primary N) is 1. The topological polar surface area (TPSA) is 67.6 Å². The van der Waals surface area contributed by atoms with Crippen LogP contribution in [0.15, 0.2) is 18.2 Å². The molecule has 1 aromatic carbocycles. The van der Waals surface area contributed by atoms with Crippen LogP contribution in [0.4, 0.5) is 0 Å². The van der Waals surface area contributed by atoms with E-state index in [4.69, 9.17) is 10.5 Å². The highest BCUT2D eigenvalue weighted by Gasteiger charge is 2.35. The summed E-state index contributed by atoms with van der Waals surface area (Å²) in [5, 5.41) is 3.46. The van der Waals surface area contributed by atoms with E-state index in [1.54, 1.807) is 0 Å². The lowest BCUT2D eigenvalue weighted by Gasteiger charge is -2.33. The van der Waals surface area contributed by atoms with Crippen molar-refractivity contribution in [2.45, 2.75) is 51.3 Å². The summed E-state index contributed by atoms with van der Waals surface area (Å²) in [5.41, 5.74) is 9.93. The minimum absolute atomic E-state index is 0.0530.